The summed E-state index contributed by atoms with van der Waals surface area (Å²) in [6.45, 7) is 3.46. The van der Waals surface area contributed by atoms with E-state index in [2.05, 4.69) is 41.8 Å². The van der Waals surface area contributed by atoms with Gasteiger partial charge in [0.25, 0.3) is 0 Å². The summed E-state index contributed by atoms with van der Waals surface area (Å²) in [5.41, 5.74) is 2.43. The number of carbonyl (C=O) groups excluding carboxylic acids is 1. The van der Waals surface area contributed by atoms with E-state index in [-0.39, 0.29) is 5.91 Å². The third-order valence-corrected chi connectivity index (χ3v) is 5.74. The highest BCUT2D eigenvalue weighted by Gasteiger charge is 2.30. The van der Waals surface area contributed by atoms with Gasteiger partial charge in [0.2, 0.25) is 5.91 Å². The summed E-state index contributed by atoms with van der Waals surface area (Å²) in [5.74, 6) is 2.17. The van der Waals surface area contributed by atoms with Crippen molar-refractivity contribution in [2.75, 3.05) is 12.3 Å². The number of hydrogen-bond donors (Lipinski definition) is 3. The molecule has 0 aromatic heterocycles. The fraction of sp³-hybridized carbons (Fsp3) is 0.650. The van der Waals surface area contributed by atoms with Crippen molar-refractivity contribution in [3.05, 3.63) is 35.4 Å². The fourth-order valence-corrected chi connectivity index (χ4v) is 3.99. The van der Waals surface area contributed by atoms with Crippen molar-refractivity contribution in [2.24, 2.45) is 0 Å². The van der Waals surface area contributed by atoms with Crippen molar-refractivity contribution in [3.8, 4) is 0 Å². The molecular formula is C20H32N2O2S. The minimum atomic E-state index is -0.568. The lowest BCUT2D eigenvalue weighted by molar-refractivity contribution is -0.124. The molecule has 1 aromatic carbocycles. The molecule has 0 unspecified atom stereocenters. The third kappa shape index (κ3) is 7.38. The molecule has 1 aromatic rings. The summed E-state index contributed by atoms with van der Waals surface area (Å²) in [4.78, 5) is 12.0. The number of nitrogens with one attached hydrogen (secondary N) is 2. The first kappa shape index (κ1) is 20.3. The molecule has 4 nitrogen and oxygen atoms in total. The van der Waals surface area contributed by atoms with Crippen LogP contribution in [0.3, 0.4) is 0 Å². The number of rotatable bonds is 11. The molecule has 5 heteroatoms. The van der Waals surface area contributed by atoms with Gasteiger partial charge in [0.05, 0.1) is 6.10 Å². The summed E-state index contributed by atoms with van der Waals surface area (Å²) in [6.07, 6.45) is 6.77. The summed E-state index contributed by atoms with van der Waals surface area (Å²) in [7, 11) is 0. The molecule has 140 valence electrons. The van der Waals surface area contributed by atoms with Crippen LogP contribution in [0.1, 0.15) is 56.6 Å². The van der Waals surface area contributed by atoms with Gasteiger partial charge in [0.1, 0.15) is 6.04 Å². The molecule has 1 amide bonds. The van der Waals surface area contributed by atoms with E-state index < -0.39 is 12.1 Å². The maximum absolute atomic E-state index is 12.0. The molecule has 2 rings (SSSR count). The Morgan fingerprint density at radius 2 is 1.92 bits per heavy atom. The molecule has 0 aliphatic carbocycles. The van der Waals surface area contributed by atoms with Gasteiger partial charge in [-0.25, -0.2) is 0 Å². The maximum Gasteiger partial charge on any atom is 0.240 e. The van der Waals surface area contributed by atoms with Gasteiger partial charge in [-0.15, -0.1) is 0 Å². The van der Waals surface area contributed by atoms with Crippen molar-refractivity contribution in [3.63, 3.8) is 0 Å². The van der Waals surface area contributed by atoms with Gasteiger partial charge in [0.15, 0.2) is 0 Å². The Morgan fingerprint density at radius 3 is 2.60 bits per heavy atom. The SMILES string of the molecule is CCCCCCCSCc1ccc(CNC(=O)[C@H]2NCC[C@@H]2O)cc1. The lowest BCUT2D eigenvalue weighted by Gasteiger charge is -2.14. The van der Waals surface area contributed by atoms with Crippen molar-refractivity contribution in [1.29, 1.82) is 0 Å². The molecule has 0 spiro atoms. The van der Waals surface area contributed by atoms with Crippen LogP contribution in [0.4, 0.5) is 0 Å². The molecule has 1 fully saturated rings. The largest absolute Gasteiger partial charge is 0.391 e. The number of hydrogen-bond acceptors (Lipinski definition) is 4. The summed E-state index contributed by atoms with van der Waals surface area (Å²) in [5, 5.41) is 15.7. The normalized spacial score (nSPS) is 19.9. The van der Waals surface area contributed by atoms with E-state index in [9.17, 15) is 9.90 Å². The zero-order valence-electron chi connectivity index (χ0n) is 15.3. The van der Waals surface area contributed by atoms with Crippen molar-refractivity contribution >= 4 is 17.7 Å². The zero-order valence-corrected chi connectivity index (χ0v) is 16.1. The lowest BCUT2D eigenvalue weighted by Crippen LogP contribution is -2.45. The second-order valence-electron chi connectivity index (χ2n) is 6.79. The van der Waals surface area contributed by atoms with Crippen LogP contribution in [0.2, 0.25) is 0 Å². The Hall–Kier alpha value is -1.04. The van der Waals surface area contributed by atoms with Crippen LogP contribution >= 0.6 is 11.8 Å². The van der Waals surface area contributed by atoms with Gasteiger partial charge >= 0.3 is 0 Å². The third-order valence-electron chi connectivity index (χ3n) is 4.62. The van der Waals surface area contributed by atoms with Gasteiger partial charge in [-0.05, 0) is 36.3 Å². The second-order valence-corrected chi connectivity index (χ2v) is 7.89. The van der Waals surface area contributed by atoms with Crippen LogP contribution in [0.15, 0.2) is 24.3 Å². The Kier molecular flexibility index (Phi) is 9.37. The van der Waals surface area contributed by atoms with Gasteiger partial charge in [0, 0.05) is 12.3 Å². The van der Waals surface area contributed by atoms with Gasteiger partial charge < -0.3 is 15.7 Å². The number of aliphatic hydroxyl groups excluding tert-OH is 1. The Bertz CT molecular complexity index is 507. The van der Waals surface area contributed by atoms with E-state index in [0.29, 0.717) is 19.5 Å². The molecule has 1 aliphatic heterocycles. The average Bonchev–Trinajstić information content (AvgIpc) is 3.06. The summed E-state index contributed by atoms with van der Waals surface area (Å²) >= 11 is 2.00. The molecule has 3 N–H and O–H groups in total. The number of amides is 1. The van der Waals surface area contributed by atoms with E-state index in [1.807, 2.05) is 11.8 Å². The fourth-order valence-electron chi connectivity index (χ4n) is 3.01. The quantitative estimate of drug-likeness (QED) is 0.528. The highest BCUT2D eigenvalue weighted by Crippen LogP contribution is 2.16. The van der Waals surface area contributed by atoms with E-state index in [0.717, 1.165) is 11.3 Å². The molecule has 25 heavy (non-hydrogen) atoms. The van der Waals surface area contributed by atoms with Crippen molar-refractivity contribution < 1.29 is 9.90 Å². The lowest BCUT2D eigenvalue weighted by atomic mass is 10.1. The van der Waals surface area contributed by atoms with E-state index in [4.69, 9.17) is 0 Å². The monoisotopic (exact) mass is 364 g/mol. The summed E-state index contributed by atoms with van der Waals surface area (Å²) < 4.78 is 0. The van der Waals surface area contributed by atoms with Gasteiger partial charge in [-0.3, -0.25) is 4.79 Å². The summed E-state index contributed by atoms with van der Waals surface area (Å²) in [6, 6.07) is 7.99. The first-order chi connectivity index (χ1) is 12.2. The average molecular weight is 365 g/mol. The van der Waals surface area contributed by atoms with Crippen molar-refractivity contribution in [2.45, 2.75) is 69.9 Å². The molecule has 1 aliphatic rings. The van der Waals surface area contributed by atoms with Crippen LogP contribution in [0, 0.1) is 0 Å². The standard InChI is InChI=1S/C20H32N2O2S/c1-2-3-4-5-6-13-25-15-17-9-7-16(8-10-17)14-22-20(24)19-18(23)11-12-21-19/h7-10,18-19,21,23H,2-6,11-15H2,1H3,(H,22,24)/t18-,19-/m0/s1. The van der Waals surface area contributed by atoms with Gasteiger partial charge in [-0.2, -0.15) is 11.8 Å². The van der Waals surface area contributed by atoms with Crippen LogP contribution < -0.4 is 10.6 Å². The predicted molar refractivity (Wildman–Crippen MR) is 106 cm³/mol. The first-order valence-electron chi connectivity index (χ1n) is 9.55. The number of benzene rings is 1. The Balaban J connectivity index is 1.61. The number of carbonyl (C=O) groups is 1. The molecule has 1 saturated heterocycles. The molecule has 2 atom stereocenters. The predicted octanol–water partition coefficient (Wildman–Crippen LogP) is 3.23. The maximum atomic E-state index is 12.0. The highest BCUT2D eigenvalue weighted by molar-refractivity contribution is 7.98. The molecule has 0 bridgehead atoms. The minimum Gasteiger partial charge on any atom is -0.391 e. The smallest absolute Gasteiger partial charge is 0.240 e. The molecule has 0 saturated carbocycles. The van der Waals surface area contributed by atoms with Crippen LogP contribution in [0.25, 0.3) is 0 Å². The van der Waals surface area contributed by atoms with Gasteiger partial charge in [-0.1, -0.05) is 56.9 Å². The number of thioether (sulfide) groups is 1. The molecular weight excluding hydrogens is 332 g/mol. The minimum absolute atomic E-state index is 0.118. The van der Waals surface area contributed by atoms with E-state index >= 15 is 0 Å². The first-order valence-corrected chi connectivity index (χ1v) is 10.7. The highest BCUT2D eigenvalue weighted by atomic mass is 32.2. The van der Waals surface area contributed by atoms with Crippen LogP contribution in [0.5, 0.6) is 0 Å². The van der Waals surface area contributed by atoms with Crippen molar-refractivity contribution in [1.82, 2.24) is 10.6 Å². The topological polar surface area (TPSA) is 61.4 Å². The zero-order chi connectivity index (χ0) is 17.9. The Morgan fingerprint density at radius 1 is 1.20 bits per heavy atom. The van der Waals surface area contributed by atoms with E-state index in [1.54, 1.807) is 0 Å². The molecule has 1 heterocycles. The number of unbranched alkanes of at least 4 members (excludes halogenated alkanes) is 4. The molecule has 0 radical (unpaired) electrons. The van der Waals surface area contributed by atoms with E-state index in [1.165, 1.54) is 43.4 Å². The Labute approximate surface area is 156 Å². The number of aliphatic hydroxyl groups is 1. The second kappa shape index (κ2) is 11.6. The van der Waals surface area contributed by atoms with Crippen LogP contribution in [-0.4, -0.2) is 35.5 Å². The van der Waals surface area contributed by atoms with Crippen LogP contribution in [-0.2, 0) is 17.1 Å².